The van der Waals surface area contributed by atoms with Crippen LogP contribution in [0.1, 0.15) is 21.7 Å². The van der Waals surface area contributed by atoms with E-state index >= 15 is 0 Å². The van der Waals surface area contributed by atoms with Gasteiger partial charge in [0.15, 0.2) is 5.69 Å². The Bertz CT molecular complexity index is 815. The highest BCUT2D eigenvalue weighted by Gasteiger charge is 2.29. The fraction of sp³-hybridized carbons (Fsp3) is 0.312. The van der Waals surface area contributed by atoms with Crippen molar-refractivity contribution in [2.45, 2.75) is 13.8 Å². The summed E-state index contributed by atoms with van der Waals surface area (Å²) in [4.78, 5) is 36.4. The number of carbonyl (C=O) groups excluding carboxylic acids is 3. The molecule has 0 unspecified atom stereocenters. The van der Waals surface area contributed by atoms with Crippen molar-refractivity contribution in [2.24, 2.45) is 0 Å². The van der Waals surface area contributed by atoms with Crippen molar-refractivity contribution in [3.63, 3.8) is 0 Å². The van der Waals surface area contributed by atoms with E-state index < -0.39 is 0 Å². The van der Waals surface area contributed by atoms with Crippen molar-refractivity contribution in [3.8, 4) is 5.69 Å². The van der Waals surface area contributed by atoms with Crippen LogP contribution < -0.4 is 5.32 Å². The van der Waals surface area contributed by atoms with Crippen LogP contribution in [0.4, 0.5) is 4.79 Å². The van der Waals surface area contributed by atoms with Gasteiger partial charge in [-0.1, -0.05) is 34.7 Å². The summed E-state index contributed by atoms with van der Waals surface area (Å²) in [7, 11) is 0. The molecule has 0 aliphatic carbocycles. The topological polar surface area (TPSA) is 97.2 Å². The predicted molar refractivity (Wildman–Crippen MR) is 92.7 cm³/mol. The first-order valence-corrected chi connectivity index (χ1v) is 8.70. The Morgan fingerprint density at radius 2 is 1.96 bits per heavy atom. The van der Waals surface area contributed by atoms with Crippen LogP contribution in [0.15, 0.2) is 24.3 Å². The number of nitrogens with zero attached hydrogens (tertiary/aromatic N) is 4. The summed E-state index contributed by atoms with van der Waals surface area (Å²) >= 11 is 0.972. The van der Waals surface area contributed by atoms with Crippen LogP contribution in [0, 0.1) is 13.8 Å². The Kier molecular flexibility index (Phi) is 4.84. The van der Waals surface area contributed by atoms with E-state index in [0.717, 1.165) is 27.9 Å². The number of hydrogen-bond acceptors (Lipinski definition) is 6. The highest BCUT2D eigenvalue weighted by atomic mass is 32.2. The number of hydrogen-bond donors (Lipinski definition) is 1. The molecule has 0 atom stereocenters. The SMILES string of the molecule is Cc1ccc(-n2nnc(C(=O)NCCN3C(=O)CSC3=O)c2C)cc1. The molecule has 8 nitrogen and oxygen atoms in total. The number of amides is 3. The van der Waals surface area contributed by atoms with Gasteiger partial charge in [0.2, 0.25) is 5.91 Å². The Labute approximate surface area is 148 Å². The van der Waals surface area contributed by atoms with Crippen molar-refractivity contribution in [2.75, 3.05) is 18.8 Å². The summed E-state index contributed by atoms with van der Waals surface area (Å²) in [6, 6.07) is 7.72. The standard InChI is InChI=1S/C16H17N5O3S/c1-10-3-5-12(6-4-10)21-11(2)14(18-19-21)15(23)17-7-8-20-13(22)9-25-16(20)24/h3-6H,7-9H2,1-2H3,(H,17,23). The van der Waals surface area contributed by atoms with Crippen LogP contribution in [0.25, 0.3) is 5.69 Å². The molecule has 0 radical (unpaired) electrons. The molecule has 2 aromatic rings. The zero-order valence-corrected chi connectivity index (χ0v) is 14.7. The Hall–Kier alpha value is -2.68. The molecule has 130 valence electrons. The molecule has 3 rings (SSSR count). The summed E-state index contributed by atoms with van der Waals surface area (Å²) in [5.74, 6) is -0.454. The van der Waals surface area contributed by atoms with Crippen LogP contribution in [0.5, 0.6) is 0 Å². The molecule has 1 aliphatic rings. The molecule has 1 N–H and O–H groups in total. The van der Waals surface area contributed by atoms with Crippen LogP contribution in [-0.4, -0.2) is 55.8 Å². The lowest BCUT2D eigenvalue weighted by Crippen LogP contribution is -2.37. The van der Waals surface area contributed by atoms with Gasteiger partial charge in [-0.2, -0.15) is 0 Å². The van der Waals surface area contributed by atoms with E-state index in [1.807, 2.05) is 31.2 Å². The second kappa shape index (κ2) is 7.06. The van der Waals surface area contributed by atoms with Crippen LogP contribution in [-0.2, 0) is 4.79 Å². The predicted octanol–water partition coefficient (Wildman–Crippen LogP) is 1.31. The average molecular weight is 359 g/mol. The van der Waals surface area contributed by atoms with Crippen LogP contribution in [0.3, 0.4) is 0 Å². The minimum atomic E-state index is -0.386. The second-order valence-corrected chi connectivity index (χ2v) is 6.55. The Morgan fingerprint density at radius 1 is 1.24 bits per heavy atom. The van der Waals surface area contributed by atoms with Crippen molar-refractivity contribution in [1.82, 2.24) is 25.2 Å². The largest absolute Gasteiger partial charge is 0.349 e. The van der Waals surface area contributed by atoms with Crippen molar-refractivity contribution in [1.29, 1.82) is 0 Å². The van der Waals surface area contributed by atoms with Gasteiger partial charge in [0.1, 0.15) is 0 Å². The third-order valence-electron chi connectivity index (χ3n) is 3.85. The molecule has 1 aromatic heterocycles. The molecule has 1 aromatic carbocycles. The smallest absolute Gasteiger partial charge is 0.288 e. The zero-order valence-electron chi connectivity index (χ0n) is 13.9. The molecule has 1 fully saturated rings. The van der Waals surface area contributed by atoms with Gasteiger partial charge in [0, 0.05) is 13.1 Å². The van der Waals surface area contributed by atoms with Gasteiger partial charge in [-0.3, -0.25) is 19.3 Å². The van der Waals surface area contributed by atoms with Crippen LogP contribution in [0.2, 0.25) is 0 Å². The summed E-state index contributed by atoms with van der Waals surface area (Å²) in [6.45, 7) is 4.08. The van der Waals surface area contributed by atoms with E-state index in [1.54, 1.807) is 11.6 Å². The molecule has 0 bridgehead atoms. The van der Waals surface area contributed by atoms with E-state index in [1.165, 1.54) is 0 Å². The minimum Gasteiger partial charge on any atom is -0.349 e. The number of imide groups is 1. The number of nitrogens with one attached hydrogen (secondary N) is 1. The number of thioether (sulfide) groups is 1. The van der Waals surface area contributed by atoms with E-state index in [2.05, 4.69) is 15.6 Å². The quantitative estimate of drug-likeness (QED) is 0.864. The molecule has 2 heterocycles. The highest BCUT2D eigenvalue weighted by Crippen LogP contribution is 2.18. The maximum Gasteiger partial charge on any atom is 0.288 e. The molecule has 1 aliphatic heterocycles. The first-order chi connectivity index (χ1) is 12.0. The van der Waals surface area contributed by atoms with Gasteiger partial charge in [-0.25, -0.2) is 4.68 Å². The summed E-state index contributed by atoms with van der Waals surface area (Å²) in [5.41, 5.74) is 2.78. The lowest BCUT2D eigenvalue weighted by Gasteiger charge is -2.12. The first-order valence-electron chi connectivity index (χ1n) is 7.72. The average Bonchev–Trinajstić information content (AvgIpc) is 3.12. The molecule has 25 heavy (non-hydrogen) atoms. The van der Waals surface area contributed by atoms with E-state index in [9.17, 15) is 14.4 Å². The van der Waals surface area contributed by atoms with Gasteiger partial charge in [0.05, 0.1) is 17.1 Å². The minimum absolute atomic E-state index is 0.154. The zero-order chi connectivity index (χ0) is 18.0. The van der Waals surface area contributed by atoms with Gasteiger partial charge < -0.3 is 5.32 Å². The molecule has 3 amide bonds. The fourth-order valence-electron chi connectivity index (χ4n) is 2.43. The second-order valence-electron chi connectivity index (χ2n) is 5.63. The van der Waals surface area contributed by atoms with Crippen molar-refractivity contribution in [3.05, 3.63) is 41.2 Å². The summed E-state index contributed by atoms with van der Waals surface area (Å²) < 4.78 is 1.60. The lowest BCUT2D eigenvalue weighted by molar-refractivity contribution is -0.124. The Morgan fingerprint density at radius 3 is 2.60 bits per heavy atom. The third-order valence-corrected chi connectivity index (χ3v) is 4.71. The van der Waals surface area contributed by atoms with Crippen molar-refractivity contribution >= 4 is 28.8 Å². The summed E-state index contributed by atoms with van der Waals surface area (Å²) in [5, 5.41) is 10.4. The molecule has 1 saturated heterocycles. The Balaban J connectivity index is 1.64. The summed E-state index contributed by atoms with van der Waals surface area (Å²) in [6.07, 6.45) is 0. The van der Waals surface area contributed by atoms with Crippen LogP contribution >= 0.6 is 11.8 Å². The number of rotatable bonds is 5. The normalized spacial score (nSPS) is 14.2. The van der Waals surface area contributed by atoms with E-state index in [-0.39, 0.29) is 41.6 Å². The van der Waals surface area contributed by atoms with Crippen molar-refractivity contribution < 1.29 is 14.4 Å². The number of carbonyl (C=O) groups is 3. The third kappa shape index (κ3) is 3.55. The maximum absolute atomic E-state index is 12.3. The van der Waals surface area contributed by atoms with Gasteiger partial charge in [-0.15, -0.1) is 5.10 Å². The first kappa shape index (κ1) is 17.2. The maximum atomic E-state index is 12.3. The fourth-order valence-corrected chi connectivity index (χ4v) is 3.18. The number of benzene rings is 1. The van der Waals surface area contributed by atoms with E-state index in [0.29, 0.717) is 5.69 Å². The molecular weight excluding hydrogens is 342 g/mol. The van der Waals surface area contributed by atoms with Gasteiger partial charge in [-0.05, 0) is 26.0 Å². The number of aromatic nitrogens is 3. The monoisotopic (exact) mass is 359 g/mol. The molecular formula is C16H17N5O3S. The lowest BCUT2D eigenvalue weighted by atomic mass is 10.2. The molecule has 0 spiro atoms. The van der Waals surface area contributed by atoms with Gasteiger partial charge in [0.25, 0.3) is 11.1 Å². The molecule has 0 saturated carbocycles. The van der Waals surface area contributed by atoms with E-state index in [4.69, 9.17) is 0 Å². The molecule has 9 heteroatoms. The number of aryl methyl sites for hydroxylation is 1. The van der Waals surface area contributed by atoms with Gasteiger partial charge >= 0.3 is 0 Å². The highest BCUT2D eigenvalue weighted by molar-refractivity contribution is 8.14.